The number of carboxylic acids is 1. The van der Waals surface area contributed by atoms with Crippen molar-refractivity contribution < 1.29 is 19.1 Å². The molecule has 0 radical (unpaired) electrons. The van der Waals surface area contributed by atoms with Gasteiger partial charge >= 0.3 is 5.97 Å². The Balaban J connectivity index is 2.21. The molecule has 5 heteroatoms. The van der Waals surface area contributed by atoms with Gasteiger partial charge in [-0.1, -0.05) is 13.8 Å². The largest absolute Gasteiger partial charge is 0.478 e. The van der Waals surface area contributed by atoms with Crippen molar-refractivity contribution in [1.82, 2.24) is 4.90 Å². The van der Waals surface area contributed by atoms with Gasteiger partial charge in [-0.3, -0.25) is 4.79 Å². The van der Waals surface area contributed by atoms with Crippen LogP contribution >= 0.6 is 0 Å². The van der Waals surface area contributed by atoms with E-state index in [2.05, 4.69) is 13.8 Å². The molecule has 1 aliphatic carbocycles. The van der Waals surface area contributed by atoms with Crippen LogP contribution in [0, 0.1) is 5.92 Å². The van der Waals surface area contributed by atoms with Gasteiger partial charge in [0, 0.05) is 18.2 Å². The van der Waals surface area contributed by atoms with Gasteiger partial charge in [-0.05, 0) is 25.7 Å². The van der Waals surface area contributed by atoms with E-state index in [4.69, 9.17) is 9.52 Å². The predicted molar refractivity (Wildman–Crippen MR) is 69.2 cm³/mol. The van der Waals surface area contributed by atoms with Crippen LogP contribution in [0.25, 0.3) is 0 Å². The molecule has 1 amide bonds. The van der Waals surface area contributed by atoms with Crippen molar-refractivity contribution in [3.63, 3.8) is 0 Å². The van der Waals surface area contributed by atoms with E-state index in [0.717, 1.165) is 19.1 Å². The molecule has 0 saturated heterocycles. The molecule has 0 bridgehead atoms. The van der Waals surface area contributed by atoms with Crippen molar-refractivity contribution in [2.24, 2.45) is 5.92 Å². The van der Waals surface area contributed by atoms with E-state index in [-0.39, 0.29) is 29.3 Å². The topological polar surface area (TPSA) is 70.8 Å². The van der Waals surface area contributed by atoms with Crippen LogP contribution in [0.1, 0.15) is 54.5 Å². The summed E-state index contributed by atoms with van der Waals surface area (Å²) in [7, 11) is 0. The van der Waals surface area contributed by atoms with Gasteiger partial charge in [-0.2, -0.15) is 0 Å². The number of hydrogen-bond acceptors (Lipinski definition) is 3. The molecule has 19 heavy (non-hydrogen) atoms. The molecule has 1 aromatic heterocycles. The van der Waals surface area contributed by atoms with Crippen LogP contribution in [0.15, 0.2) is 16.7 Å². The van der Waals surface area contributed by atoms with Gasteiger partial charge in [0.15, 0.2) is 5.76 Å². The summed E-state index contributed by atoms with van der Waals surface area (Å²) < 4.78 is 5.10. The number of furan rings is 1. The third-order valence-corrected chi connectivity index (χ3v) is 3.64. The maximum absolute atomic E-state index is 12.4. The van der Waals surface area contributed by atoms with Gasteiger partial charge < -0.3 is 14.4 Å². The lowest BCUT2D eigenvalue weighted by Crippen LogP contribution is -2.43. The molecule has 5 nitrogen and oxygen atoms in total. The SMILES string of the molecule is CC(C)C(C)N(C(=O)c1cc(C(=O)O)co1)C1CC1. The predicted octanol–water partition coefficient (Wildman–Crippen LogP) is 2.63. The van der Waals surface area contributed by atoms with Crippen molar-refractivity contribution >= 4 is 11.9 Å². The lowest BCUT2D eigenvalue weighted by Gasteiger charge is -2.31. The molecule has 1 heterocycles. The number of aromatic carboxylic acids is 1. The average Bonchev–Trinajstić information content (AvgIpc) is 3.04. The fraction of sp³-hybridized carbons (Fsp3) is 0.571. The highest BCUT2D eigenvalue weighted by Crippen LogP contribution is 2.32. The number of hydrogen-bond donors (Lipinski definition) is 1. The Hall–Kier alpha value is -1.78. The number of carbonyl (C=O) groups excluding carboxylic acids is 1. The summed E-state index contributed by atoms with van der Waals surface area (Å²) in [6.45, 7) is 6.15. The summed E-state index contributed by atoms with van der Waals surface area (Å²) in [5.74, 6) is -0.843. The molecule has 0 aliphatic heterocycles. The van der Waals surface area contributed by atoms with Crippen molar-refractivity contribution in [3.8, 4) is 0 Å². The number of nitrogens with zero attached hydrogens (tertiary/aromatic N) is 1. The molecule has 0 spiro atoms. The van der Waals surface area contributed by atoms with Gasteiger partial charge in [-0.25, -0.2) is 4.79 Å². The van der Waals surface area contributed by atoms with Gasteiger partial charge in [-0.15, -0.1) is 0 Å². The number of carboxylic acid groups (broad SMARTS) is 1. The number of carbonyl (C=O) groups is 2. The zero-order chi connectivity index (χ0) is 14.2. The van der Waals surface area contributed by atoms with Crippen LogP contribution in [-0.2, 0) is 0 Å². The zero-order valence-corrected chi connectivity index (χ0v) is 11.4. The maximum atomic E-state index is 12.4. The van der Waals surface area contributed by atoms with E-state index in [1.807, 2.05) is 11.8 Å². The summed E-state index contributed by atoms with van der Waals surface area (Å²) in [6, 6.07) is 1.68. The van der Waals surface area contributed by atoms with Crippen LogP contribution in [0.2, 0.25) is 0 Å². The van der Waals surface area contributed by atoms with Gasteiger partial charge in [0.2, 0.25) is 0 Å². The molecule has 0 aromatic carbocycles. The standard InChI is InChI=1S/C14H19NO4/c1-8(2)9(3)15(11-4-5-11)13(16)12-6-10(7-19-12)14(17)18/h6-9,11H,4-5H2,1-3H3,(H,17,18). The first-order valence-electron chi connectivity index (χ1n) is 6.56. The first kappa shape index (κ1) is 13.6. The molecule has 1 unspecified atom stereocenters. The third-order valence-electron chi connectivity index (χ3n) is 3.64. The Morgan fingerprint density at radius 2 is 2.00 bits per heavy atom. The second-order valence-electron chi connectivity index (χ2n) is 5.43. The lowest BCUT2D eigenvalue weighted by molar-refractivity contribution is 0.0594. The third kappa shape index (κ3) is 2.80. The minimum Gasteiger partial charge on any atom is -0.478 e. The van der Waals surface area contributed by atoms with Crippen LogP contribution < -0.4 is 0 Å². The Morgan fingerprint density at radius 1 is 1.37 bits per heavy atom. The highest BCUT2D eigenvalue weighted by Gasteiger charge is 2.38. The lowest BCUT2D eigenvalue weighted by atomic mass is 10.0. The molecule has 1 N–H and O–H groups in total. The van der Waals surface area contributed by atoms with Gasteiger partial charge in [0.05, 0.1) is 5.56 Å². The van der Waals surface area contributed by atoms with Crippen LogP contribution in [0.3, 0.4) is 0 Å². The summed E-state index contributed by atoms with van der Waals surface area (Å²) in [6.07, 6.45) is 3.13. The van der Waals surface area contributed by atoms with Crippen LogP contribution in [0.5, 0.6) is 0 Å². The Kier molecular flexibility index (Phi) is 3.64. The molecular weight excluding hydrogens is 246 g/mol. The monoisotopic (exact) mass is 265 g/mol. The average molecular weight is 265 g/mol. The van der Waals surface area contributed by atoms with Crippen LogP contribution in [-0.4, -0.2) is 34.0 Å². The zero-order valence-electron chi connectivity index (χ0n) is 11.4. The minimum absolute atomic E-state index is 0.0105. The Bertz CT molecular complexity index is 487. The molecule has 1 aromatic rings. The van der Waals surface area contributed by atoms with Crippen molar-refractivity contribution in [1.29, 1.82) is 0 Å². The summed E-state index contributed by atoms with van der Waals surface area (Å²) in [5.41, 5.74) is 0.0105. The molecule has 1 fully saturated rings. The number of amides is 1. The fourth-order valence-electron chi connectivity index (χ4n) is 2.04. The van der Waals surface area contributed by atoms with Crippen molar-refractivity contribution in [3.05, 3.63) is 23.7 Å². The second-order valence-corrected chi connectivity index (χ2v) is 5.43. The Labute approximate surface area is 112 Å². The summed E-state index contributed by atoms with van der Waals surface area (Å²) >= 11 is 0. The van der Waals surface area contributed by atoms with Gasteiger partial charge in [0.25, 0.3) is 5.91 Å². The fourth-order valence-corrected chi connectivity index (χ4v) is 2.04. The van der Waals surface area contributed by atoms with Gasteiger partial charge in [0.1, 0.15) is 6.26 Å². The smallest absolute Gasteiger partial charge is 0.338 e. The molecule has 2 rings (SSSR count). The van der Waals surface area contributed by atoms with E-state index in [9.17, 15) is 9.59 Å². The minimum atomic E-state index is -1.09. The summed E-state index contributed by atoms with van der Waals surface area (Å²) in [4.78, 5) is 25.1. The normalized spacial score (nSPS) is 16.4. The van der Waals surface area contributed by atoms with Crippen molar-refractivity contribution in [2.75, 3.05) is 0 Å². The second kappa shape index (κ2) is 5.07. The highest BCUT2D eigenvalue weighted by atomic mass is 16.4. The quantitative estimate of drug-likeness (QED) is 0.888. The maximum Gasteiger partial charge on any atom is 0.338 e. The first-order chi connectivity index (χ1) is 8.91. The first-order valence-corrected chi connectivity index (χ1v) is 6.56. The van der Waals surface area contributed by atoms with E-state index in [0.29, 0.717) is 5.92 Å². The van der Waals surface area contributed by atoms with E-state index in [1.165, 1.54) is 6.07 Å². The van der Waals surface area contributed by atoms with Crippen LogP contribution in [0.4, 0.5) is 0 Å². The number of rotatable bonds is 5. The molecule has 1 atom stereocenters. The molecular formula is C14H19NO4. The van der Waals surface area contributed by atoms with E-state index in [1.54, 1.807) is 0 Å². The molecule has 1 aliphatic rings. The molecule has 104 valence electrons. The summed E-state index contributed by atoms with van der Waals surface area (Å²) in [5, 5.41) is 8.85. The highest BCUT2D eigenvalue weighted by molar-refractivity contribution is 5.95. The van der Waals surface area contributed by atoms with E-state index < -0.39 is 5.97 Å². The van der Waals surface area contributed by atoms with E-state index >= 15 is 0 Å². The van der Waals surface area contributed by atoms with Crippen molar-refractivity contribution in [2.45, 2.75) is 45.7 Å². The molecule has 1 saturated carbocycles. The Morgan fingerprint density at radius 3 is 2.42 bits per heavy atom.